The van der Waals surface area contributed by atoms with Crippen molar-refractivity contribution in [1.82, 2.24) is 0 Å². The molecule has 0 radical (unpaired) electrons. The van der Waals surface area contributed by atoms with Crippen LogP contribution in [0, 0.1) is 0 Å². The molecule has 0 rings (SSSR count). The molecule has 0 aromatic carbocycles. The Labute approximate surface area is 71.1 Å². The summed E-state index contributed by atoms with van der Waals surface area (Å²) in [6, 6.07) is 0. The highest BCUT2D eigenvalue weighted by molar-refractivity contribution is 5.81. The van der Waals surface area contributed by atoms with Crippen molar-refractivity contribution in [2.45, 2.75) is 6.10 Å². The maximum atomic E-state index is 10.6. The molecule has 0 bridgehead atoms. The van der Waals surface area contributed by atoms with E-state index in [9.17, 15) is 4.79 Å². The summed E-state index contributed by atoms with van der Waals surface area (Å²) in [6.07, 6.45) is 1.58. The van der Waals surface area contributed by atoms with Crippen molar-refractivity contribution in [3.05, 3.63) is 25.5 Å². The van der Waals surface area contributed by atoms with Crippen LogP contribution in [0.3, 0.4) is 0 Å². The molecule has 4 heteroatoms. The molecule has 0 aromatic rings. The zero-order chi connectivity index (χ0) is 9.40. The molecule has 0 aliphatic carbocycles. The minimum atomic E-state index is -0.659. The van der Waals surface area contributed by atoms with Gasteiger partial charge in [-0.1, -0.05) is 13.2 Å². The lowest BCUT2D eigenvalue weighted by Gasteiger charge is -2.12. The number of carbonyl (C=O) groups excluding carboxylic acids is 1. The molecule has 1 atom stereocenters. The summed E-state index contributed by atoms with van der Waals surface area (Å²) in [5.41, 5.74) is 0. The number of aliphatic hydroxyl groups excluding tert-OH is 1. The van der Waals surface area contributed by atoms with Gasteiger partial charge in [0, 0.05) is 6.08 Å². The van der Waals surface area contributed by atoms with Crippen molar-refractivity contribution in [2.24, 2.45) is 0 Å². The monoisotopic (exact) mass is 172 g/mol. The maximum Gasteiger partial charge on any atom is 0.330 e. The second kappa shape index (κ2) is 6.42. The van der Waals surface area contributed by atoms with Gasteiger partial charge in [0.15, 0.2) is 6.10 Å². The summed E-state index contributed by atoms with van der Waals surface area (Å²) < 4.78 is 9.40. The second-order valence-corrected chi connectivity index (χ2v) is 1.95. The van der Waals surface area contributed by atoms with E-state index >= 15 is 0 Å². The molecule has 4 nitrogen and oxygen atoms in total. The quantitative estimate of drug-likeness (QED) is 0.354. The number of ether oxygens (including phenoxy) is 2. The van der Waals surface area contributed by atoms with Gasteiger partial charge in [-0.25, -0.2) is 4.79 Å². The van der Waals surface area contributed by atoms with E-state index < -0.39 is 12.1 Å². The summed E-state index contributed by atoms with van der Waals surface area (Å²) in [5, 5.41) is 8.67. The van der Waals surface area contributed by atoms with Gasteiger partial charge in [0.2, 0.25) is 0 Å². The molecule has 0 saturated carbocycles. The predicted molar refractivity (Wildman–Crippen MR) is 43.3 cm³/mol. The van der Waals surface area contributed by atoms with Gasteiger partial charge in [-0.3, -0.25) is 0 Å². The minimum absolute atomic E-state index is 0.0968. The van der Waals surface area contributed by atoms with Crippen molar-refractivity contribution in [2.75, 3.05) is 13.2 Å². The zero-order valence-corrected chi connectivity index (χ0v) is 6.73. The highest BCUT2D eigenvalue weighted by Crippen LogP contribution is 1.94. The maximum absolute atomic E-state index is 10.6. The SMILES string of the molecule is C=COCC(CO)OC(=O)C=C. The molecule has 0 heterocycles. The van der Waals surface area contributed by atoms with Crippen molar-refractivity contribution >= 4 is 5.97 Å². The Morgan fingerprint density at radius 2 is 2.25 bits per heavy atom. The third-order valence-electron chi connectivity index (χ3n) is 1.05. The van der Waals surface area contributed by atoms with Gasteiger partial charge in [-0.2, -0.15) is 0 Å². The van der Waals surface area contributed by atoms with Crippen molar-refractivity contribution in [3.8, 4) is 0 Å². The minimum Gasteiger partial charge on any atom is -0.498 e. The number of esters is 1. The van der Waals surface area contributed by atoms with Crippen molar-refractivity contribution in [3.63, 3.8) is 0 Å². The third-order valence-corrected chi connectivity index (χ3v) is 1.05. The molecular formula is C8H12O4. The highest BCUT2D eigenvalue weighted by Gasteiger charge is 2.10. The summed E-state index contributed by atoms with van der Waals surface area (Å²) >= 11 is 0. The lowest BCUT2D eigenvalue weighted by molar-refractivity contribution is -0.147. The lowest BCUT2D eigenvalue weighted by atomic mass is 10.4. The molecule has 1 N–H and O–H groups in total. The molecule has 68 valence electrons. The fraction of sp³-hybridized carbons (Fsp3) is 0.375. The van der Waals surface area contributed by atoms with Gasteiger partial charge < -0.3 is 14.6 Å². The first-order valence-electron chi connectivity index (χ1n) is 3.41. The largest absolute Gasteiger partial charge is 0.498 e. The normalized spacial score (nSPS) is 11.4. The van der Waals surface area contributed by atoms with Gasteiger partial charge >= 0.3 is 5.97 Å². The van der Waals surface area contributed by atoms with Crippen LogP contribution in [0.2, 0.25) is 0 Å². The van der Waals surface area contributed by atoms with E-state index in [0.717, 1.165) is 6.08 Å². The fourth-order valence-electron chi connectivity index (χ4n) is 0.512. The van der Waals surface area contributed by atoms with Gasteiger partial charge in [-0.15, -0.1) is 0 Å². The third kappa shape index (κ3) is 4.51. The molecule has 0 saturated heterocycles. The van der Waals surface area contributed by atoms with Gasteiger partial charge in [0.25, 0.3) is 0 Å². The first-order valence-corrected chi connectivity index (χ1v) is 3.41. The molecule has 0 aliphatic heterocycles. The first kappa shape index (κ1) is 10.7. The van der Waals surface area contributed by atoms with E-state index in [4.69, 9.17) is 9.84 Å². The predicted octanol–water partition coefficient (Wildman–Crippen LogP) is 0.237. The van der Waals surface area contributed by atoms with Crippen molar-refractivity contribution < 1.29 is 19.4 Å². The number of aliphatic hydroxyl groups is 1. The number of hydrogen-bond acceptors (Lipinski definition) is 4. The van der Waals surface area contributed by atoms with E-state index in [2.05, 4.69) is 17.9 Å². The molecule has 0 aliphatic rings. The van der Waals surface area contributed by atoms with Crippen LogP contribution in [-0.4, -0.2) is 30.4 Å². The first-order chi connectivity index (χ1) is 5.74. The topological polar surface area (TPSA) is 55.8 Å². The lowest BCUT2D eigenvalue weighted by Crippen LogP contribution is -2.25. The molecule has 0 fully saturated rings. The van der Waals surface area contributed by atoms with Crippen LogP contribution < -0.4 is 0 Å². The standard InChI is InChI=1S/C8H12O4/c1-3-8(10)12-7(5-9)6-11-4-2/h3-4,7,9H,1-2,5-6H2. The summed E-state index contributed by atoms with van der Waals surface area (Å²) in [6.45, 7) is 6.33. The molecule has 0 amide bonds. The molecular weight excluding hydrogens is 160 g/mol. The molecule has 0 spiro atoms. The van der Waals surface area contributed by atoms with Gasteiger partial charge in [0.05, 0.1) is 12.9 Å². The molecule has 12 heavy (non-hydrogen) atoms. The van der Waals surface area contributed by atoms with E-state index in [1.165, 1.54) is 6.26 Å². The Morgan fingerprint density at radius 1 is 1.58 bits per heavy atom. The number of rotatable bonds is 6. The van der Waals surface area contributed by atoms with Gasteiger partial charge in [0.1, 0.15) is 6.61 Å². The number of hydrogen-bond donors (Lipinski definition) is 1. The summed E-state index contributed by atoms with van der Waals surface area (Å²) in [4.78, 5) is 10.6. The Bertz CT molecular complexity index is 164. The van der Waals surface area contributed by atoms with Crippen molar-refractivity contribution in [1.29, 1.82) is 0 Å². The van der Waals surface area contributed by atoms with Crippen LogP contribution in [-0.2, 0) is 14.3 Å². The summed E-state index contributed by atoms with van der Waals surface area (Å²) in [7, 11) is 0. The Morgan fingerprint density at radius 3 is 2.67 bits per heavy atom. The summed E-state index contributed by atoms with van der Waals surface area (Å²) in [5.74, 6) is -0.582. The van der Waals surface area contributed by atoms with Crippen LogP contribution in [0.5, 0.6) is 0 Å². The van der Waals surface area contributed by atoms with Crippen LogP contribution in [0.25, 0.3) is 0 Å². The Balaban J connectivity index is 3.73. The molecule has 1 unspecified atom stereocenters. The Hall–Kier alpha value is -1.29. The van der Waals surface area contributed by atoms with Crippen LogP contribution in [0.4, 0.5) is 0 Å². The number of carbonyl (C=O) groups is 1. The van der Waals surface area contributed by atoms with E-state index in [-0.39, 0.29) is 13.2 Å². The van der Waals surface area contributed by atoms with E-state index in [1.54, 1.807) is 0 Å². The smallest absolute Gasteiger partial charge is 0.330 e. The van der Waals surface area contributed by atoms with E-state index in [0.29, 0.717) is 0 Å². The second-order valence-electron chi connectivity index (χ2n) is 1.95. The van der Waals surface area contributed by atoms with Crippen LogP contribution in [0.1, 0.15) is 0 Å². The average Bonchev–Trinajstić information content (AvgIpc) is 2.11. The molecule has 0 aromatic heterocycles. The van der Waals surface area contributed by atoms with Gasteiger partial charge in [-0.05, 0) is 0 Å². The zero-order valence-electron chi connectivity index (χ0n) is 6.73. The van der Waals surface area contributed by atoms with Crippen LogP contribution >= 0.6 is 0 Å². The Kier molecular flexibility index (Phi) is 5.73. The highest BCUT2D eigenvalue weighted by atomic mass is 16.6. The average molecular weight is 172 g/mol. The fourth-order valence-corrected chi connectivity index (χ4v) is 0.512. The van der Waals surface area contributed by atoms with E-state index in [1.807, 2.05) is 0 Å². The van der Waals surface area contributed by atoms with Crippen LogP contribution in [0.15, 0.2) is 25.5 Å².